The third kappa shape index (κ3) is 3.57. The van der Waals surface area contributed by atoms with E-state index in [1.54, 1.807) is 12.1 Å². The van der Waals surface area contributed by atoms with Gasteiger partial charge in [0.05, 0.1) is 0 Å². The maximum Gasteiger partial charge on any atom is 0.229 e. The molecule has 0 saturated carbocycles. The van der Waals surface area contributed by atoms with Crippen molar-refractivity contribution in [2.45, 2.75) is 19.3 Å². The highest BCUT2D eigenvalue weighted by atomic mass is 16.3. The summed E-state index contributed by atoms with van der Waals surface area (Å²) in [5.41, 5.74) is 2.93. The Morgan fingerprint density at radius 3 is 2.44 bits per heavy atom. The molecule has 0 radical (unpaired) electrons. The van der Waals surface area contributed by atoms with E-state index in [1.165, 1.54) is 0 Å². The molecule has 0 unspecified atom stereocenters. The molecule has 7 nitrogen and oxygen atoms in total. The van der Waals surface area contributed by atoms with Gasteiger partial charge in [-0.25, -0.2) is 4.98 Å². The lowest BCUT2D eigenvalue weighted by Gasteiger charge is -2.13. The zero-order valence-corrected chi connectivity index (χ0v) is 14.5. The maximum atomic E-state index is 12.1. The number of hydrogen-bond donors (Lipinski definition) is 1. The molecule has 0 atom stereocenters. The molecule has 3 aromatic rings. The fourth-order valence-electron chi connectivity index (χ4n) is 3.00. The maximum absolute atomic E-state index is 12.1. The van der Waals surface area contributed by atoms with Crippen molar-refractivity contribution in [1.29, 1.82) is 0 Å². The van der Waals surface area contributed by atoms with Crippen molar-refractivity contribution in [3.05, 3.63) is 48.5 Å². The summed E-state index contributed by atoms with van der Waals surface area (Å²) >= 11 is 0. The Balaban J connectivity index is 1.38. The van der Waals surface area contributed by atoms with E-state index in [9.17, 15) is 14.4 Å². The molecule has 1 aliphatic rings. The first-order chi connectivity index (χ1) is 13.1. The molecule has 4 rings (SSSR count). The normalized spacial score (nSPS) is 14.1. The van der Waals surface area contributed by atoms with Crippen LogP contribution in [0.15, 0.2) is 52.9 Å². The average molecular weight is 363 g/mol. The van der Waals surface area contributed by atoms with Crippen molar-refractivity contribution in [1.82, 2.24) is 9.88 Å². The molecule has 1 aromatic heterocycles. The number of oxazole rings is 1. The first-order valence-corrected chi connectivity index (χ1v) is 8.69. The minimum atomic E-state index is -0.253. The molecule has 2 aromatic carbocycles. The van der Waals surface area contributed by atoms with Gasteiger partial charge >= 0.3 is 0 Å². The number of nitrogens with one attached hydrogen (secondary N) is 1. The number of hydrogen-bond acceptors (Lipinski definition) is 5. The number of carbonyl (C=O) groups excluding carboxylic acids is 3. The van der Waals surface area contributed by atoms with Crippen molar-refractivity contribution < 1.29 is 18.8 Å². The van der Waals surface area contributed by atoms with Gasteiger partial charge in [0.15, 0.2) is 5.58 Å². The zero-order chi connectivity index (χ0) is 18.8. The van der Waals surface area contributed by atoms with E-state index in [1.807, 2.05) is 36.4 Å². The number of fused-ring (bicyclic) bond motifs is 1. The molecule has 0 aliphatic carbocycles. The largest absolute Gasteiger partial charge is 0.436 e. The SMILES string of the molecule is O=C(CCN1C(=O)CCC1=O)Nc1ccc(-c2nc3ccccc3o2)cc1. The summed E-state index contributed by atoms with van der Waals surface area (Å²) in [6.07, 6.45) is 0.542. The van der Waals surface area contributed by atoms with E-state index in [0.29, 0.717) is 11.6 Å². The molecule has 1 saturated heterocycles. The standard InChI is InChI=1S/C20H17N3O4/c24-17(11-12-23-18(25)9-10-19(23)26)21-14-7-5-13(6-8-14)20-22-15-3-1-2-4-16(15)27-20/h1-8H,9-12H2,(H,21,24). The number of anilines is 1. The molecule has 2 heterocycles. The van der Waals surface area contributed by atoms with Crippen LogP contribution in [0.4, 0.5) is 5.69 Å². The van der Waals surface area contributed by atoms with Gasteiger partial charge in [-0.2, -0.15) is 0 Å². The van der Waals surface area contributed by atoms with Crippen LogP contribution < -0.4 is 5.32 Å². The second-order valence-electron chi connectivity index (χ2n) is 6.30. The molecule has 1 N–H and O–H groups in total. The van der Waals surface area contributed by atoms with Gasteiger partial charge in [0.2, 0.25) is 23.6 Å². The highest BCUT2D eigenvalue weighted by molar-refractivity contribution is 6.02. The number of amides is 3. The molecule has 3 amide bonds. The predicted octanol–water partition coefficient (Wildman–Crippen LogP) is 2.97. The zero-order valence-electron chi connectivity index (χ0n) is 14.5. The van der Waals surface area contributed by atoms with E-state index in [2.05, 4.69) is 10.3 Å². The summed E-state index contributed by atoms with van der Waals surface area (Å²) in [6, 6.07) is 14.7. The van der Waals surface area contributed by atoms with E-state index < -0.39 is 0 Å². The Kier molecular flexibility index (Phi) is 4.42. The first-order valence-electron chi connectivity index (χ1n) is 8.69. The van der Waals surface area contributed by atoms with Crippen LogP contribution in [0.2, 0.25) is 0 Å². The molecule has 1 fully saturated rings. The summed E-state index contributed by atoms with van der Waals surface area (Å²) in [6.45, 7) is 0.116. The summed E-state index contributed by atoms with van der Waals surface area (Å²) in [5.74, 6) is -0.164. The van der Waals surface area contributed by atoms with Gasteiger partial charge in [0, 0.05) is 37.1 Å². The highest BCUT2D eigenvalue weighted by Gasteiger charge is 2.28. The highest BCUT2D eigenvalue weighted by Crippen LogP contribution is 2.25. The van der Waals surface area contributed by atoms with Crippen molar-refractivity contribution in [2.24, 2.45) is 0 Å². The molecular formula is C20H17N3O4. The van der Waals surface area contributed by atoms with Crippen LogP contribution in [-0.2, 0) is 14.4 Å². The number of aromatic nitrogens is 1. The van der Waals surface area contributed by atoms with E-state index >= 15 is 0 Å². The third-order valence-corrected chi connectivity index (χ3v) is 4.43. The van der Waals surface area contributed by atoms with Crippen molar-refractivity contribution in [3.63, 3.8) is 0 Å². The van der Waals surface area contributed by atoms with Crippen molar-refractivity contribution >= 4 is 34.5 Å². The Hall–Kier alpha value is -3.48. The number of imide groups is 1. The predicted molar refractivity (Wildman–Crippen MR) is 98.6 cm³/mol. The second-order valence-corrected chi connectivity index (χ2v) is 6.30. The molecule has 7 heteroatoms. The van der Waals surface area contributed by atoms with Crippen LogP contribution in [0, 0.1) is 0 Å². The van der Waals surface area contributed by atoms with Gasteiger partial charge in [-0.15, -0.1) is 0 Å². The number of carbonyl (C=O) groups is 3. The number of benzene rings is 2. The summed E-state index contributed by atoms with van der Waals surface area (Å²) in [4.78, 5) is 40.8. The number of nitrogens with zero attached hydrogens (tertiary/aromatic N) is 2. The topological polar surface area (TPSA) is 92.5 Å². The third-order valence-electron chi connectivity index (χ3n) is 4.43. The fraction of sp³-hybridized carbons (Fsp3) is 0.200. The average Bonchev–Trinajstić information content (AvgIpc) is 3.24. The van der Waals surface area contributed by atoms with Crippen molar-refractivity contribution in [2.75, 3.05) is 11.9 Å². The van der Waals surface area contributed by atoms with Crippen LogP contribution in [0.3, 0.4) is 0 Å². The quantitative estimate of drug-likeness (QED) is 0.704. The van der Waals surface area contributed by atoms with Crippen LogP contribution in [0.25, 0.3) is 22.6 Å². The Morgan fingerprint density at radius 1 is 1.04 bits per heavy atom. The van der Waals surface area contributed by atoms with Gasteiger partial charge in [0.25, 0.3) is 0 Å². The van der Waals surface area contributed by atoms with Crippen LogP contribution in [0.1, 0.15) is 19.3 Å². The van der Waals surface area contributed by atoms with Gasteiger partial charge < -0.3 is 9.73 Å². The summed E-state index contributed by atoms with van der Waals surface area (Å²) in [7, 11) is 0. The van der Waals surface area contributed by atoms with E-state index in [-0.39, 0.29) is 43.5 Å². The van der Waals surface area contributed by atoms with Gasteiger partial charge in [-0.05, 0) is 36.4 Å². The number of rotatable bonds is 5. The minimum absolute atomic E-state index is 0.0738. The Labute approximate surface area is 155 Å². The van der Waals surface area contributed by atoms with Crippen LogP contribution >= 0.6 is 0 Å². The van der Waals surface area contributed by atoms with Gasteiger partial charge in [-0.3, -0.25) is 19.3 Å². The lowest BCUT2D eigenvalue weighted by molar-refractivity contribution is -0.138. The van der Waals surface area contributed by atoms with Gasteiger partial charge in [0.1, 0.15) is 5.52 Å². The molecule has 0 spiro atoms. The number of likely N-dealkylation sites (tertiary alicyclic amines) is 1. The fourth-order valence-corrected chi connectivity index (χ4v) is 3.00. The lowest BCUT2D eigenvalue weighted by Crippen LogP contribution is -2.32. The minimum Gasteiger partial charge on any atom is -0.436 e. The lowest BCUT2D eigenvalue weighted by atomic mass is 10.2. The van der Waals surface area contributed by atoms with Crippen molar-refractivity contribution in [3.8, 4) is 11.5 Å². The molecule has 27 heavy (non-hydrogen) atoms. The second kappa shape index (κ2) is 7.03. The van der Waals surface area contributed by atoms with E-state index in [0.717, 1.165) is 21.6 Å². The van der Waals surface area contributed by atoms with Crippen LogP contribution in [-0.4, -0.2) is 34.2 Å². The Bertz CT molecular complexity index is 974. The number of para-hydroxylation sites is 2. The molecule has 136 valence electrons. The summed E-state index contributed by atoms with van der Waals surface area (Å²) in [5, 5.41) is 2.76. The first kappa shape index (κ1) is 17.0. The molecule has 0 bridgehead atoms. The smallest absolute Gasteiger partial charge is 0.229 e. The molecule has 1 aliphatic heterocycles. The van der Waals surface area contributed by atoms with Crippen LogP contribution in [0.5, 0.6) is 0 Å². The Morgan fingerprint density at radius 2 is 1.74 bits per heavy atom. The molecular weight excluding hydrogens is 346 g/mol. The monoisotopic (exact) mass is 363 g/mol. The summed E-state index contributed by atoms with van der Waals surface area (Å²) < 4.78 is 5.72. The van der Waals surface area contributed by atoms with E-state index in [4.69, 9.17) is 4.42 Å². The van der Waals surface area contributed by atoms with Gasteiger partial charge in [-0.1, -0.05) is 12.1 Å².